The lowest BCUT2D eigenvalue weighted by atomic mass is 10.1. The number of hydrogen-bond donors (Lipinski definition) is 2. The molecule has 1 aromatic carbocycles. The molecular formula is C13H15ClN2O3. The van der Waals surface area contributed by atoms with Crippen LogP contribution in [0.1, 0.15) is 17.3 Å². The fourth-order valence-corrected chi connectivity index (χ4v) is 1.99. The summed E-state index contributed by atoms with van der Waals surface area (Å²) in [4.78, 5) is 14.9. The van der Waals surface area contributed by atoms with Gasteiger partial charge in [0.15, 0.2) is 0 Å². The third kappa shape index (κ3) is 3.00. The van der Waals surface area contributed by atoms with E-state index in [0.29, 0.717) is 29.2 Å². The second kappa shape index (κ2) is 5.95. The van der Waals surface area contributed by atoms with Gasteiger partial charge in [-0.3, -0.25) is 0 Å². The first-order valence-electron chi connectivity index (χ1n) is 5.95. The number of nitrogens with two attached hydrogens (primary N) is 1. The average Bonchev–Trinajstić information content (AvgIpc) is 2.70. The molecule has 2 rings (SSSR count). The van der Waals surface area contributed by atoms with Crippen molar-refractivity contribution in [2.24, 2.45) is 0 Å². The third-order valence-electron chi connectivity index (χ3n) is 2.66. The van der Waals surface area contributed by atoms with E-state index in [-0.39, 0.29) is 12.4 Å². The predicted molar refractivity (Wildman–Crippen MR) is 74.5 cm³/mol. The van der Waals surface area contributed by atoms with Crippen molar-refractivity contribution in [3.8, 4) is 0 Å². The van der Waals surface area contributed by atoms with Crippen molar-refractivity contribution in [1.29, 1.82) is 0 Å². The first-order valence-corrected chi connectivity index (χ1v) is 6.33. The number of H-pyrrole nitrogens is 1. The van der Waals surface area contributed by atoms with Gasteiger partial charge >= 0.3 is 5.97 Å². The highest BCUT2D eigenvalue weighted by molar-refractivity contribution is 6.31. The number of nitrogen functional groups attached to an aromatic ring is 1. The van der Waals surface area contributed by atoms with Crippen LogP contribution in [0.3, 0.4) is 0 Å². The molecule has 0 bridgehead atoms. The van der Waals surface area contributed by atoms with Gasteiger partial charge in [-0.15, -0.1) is 0 Å². The van der Waals surface area contributed by atoms with Crippen LogP contribution in [0.5, 0.6) is 0 Å². The Hall–Kier alpha value is -1.72. The molecule has 0 aliphatic rings. The van der Waals surface area contributed by atoms with E-state index < -0.39 is 5.97 Å². The van der Waals surface area contributed by atoms with Gasteiger partial charge in [0.1, 0.15) is 18.0 Å². The Morgan fingerprint density at radius 3 is 2.95 bits per heavy atom. The van der Waals surface area contributed by atoms with Crippen LogP contribution in [0.2, 0.25) is 5.02 Å². The summed E-state index contributed by atoms with van der Waals surface area (Å²) in [5.74, 6) is -0.204. The molecule has 0 saturated carbocycles. The minimum atomic E-state index is -0.481. The number of rotatable bonds is 5. The Balaban J connectivity index is 2.21. The molecule has 5 nitrogen and oxygen atoms in total. The van der Waals surface area contributed by atoms with E-state index in [0.717, 1.165) is 5.52 Å². The Morgan fingerprint density at radius 2 is 2.21 bits per heavy atom. The summed E-state index contributed by atoms with van der Waals surface area (Å²) in [7, 11) is 0. The molecule has 1 heterocycles. The second-order valence-electron chi connectivity index (χ2n) is 3.94. The Morgan fingerprint density at radius 1 is 1.42 bits per heavy atom. The van der Waals surface area contributed by atoms with Crippen molar-refractivity contribution >= 4 is 34.3 Å². The van der Waals surface area contributed by atoms with E-state index in [1.54, 1.807) is 18.2 Å². The van der Waals surface area contributed by atoms with Gasteiger partial charge in [-0.25, -0.2) is 4.79 Å². The minimum absolute atomic E-state index is 0.194. The standard InChI is InChI=1S/C13H15ClN2O3/c1-2-18-5-6-19-13(17)11-9-7-8(14)3-4-10(9)16-12(11)15/h3-4,7,16H,2,5-6,15H2,1H3. The highest BCUT2D eigenvalue weighted by Crippen LogP contribution is 2.27. The van der Waals surface area contributed by atoms with Crippen molar-refractivity contribution in [3.05, 3.63) is 28.8 Å². The van der Waals surface area contributed by atoms with Gasteiger partial charge < -0.3 is 20.2 Å². The smallest absolute Gasteiger partial charge is 0.342 e. The number of fused-ring (bicyclic) bond motifs is 1. The first-order chi connectivity index (χ1) is 9.13. The van der Waals surface area contributed by atoms with Crippen molar-refractivity contribution in [1.82, 2.24) is 4.98 Å². The van der Waals surface area contributed by atoms with Crippen molar-refractivity contribution in [2.45, 2.75) is 6.92 Å². The highest BCUT2D eigenvalue weighted by atomic mass is 35.5. The summed E-state index contributed by atoms with van der Waals surface area (Å²) in [6, 6.07) is 5.18. The summed E-state index contributed by atoms with van der Waals surface area (Å²) in [5.41, 5.74) is 6.87. The molecule has 102 valence electrons. The predicted octanol–water partition coefficient (Wildman–Crippen LogP) is 2.60. The van der Waals surface area contributed by atoms with Gasteiger partial charge in [-0.1, -0.05) is 11.6 Å². The fourth-order valence-electron chi connectivity index (χ4n) is 1.81. The van der Waals surface area contributed by atoms with Gasteiger partial charge in [0.2, 0.25) is 0 Å². The number of carbonyl (C=O) groups excluding carboxylic acids is 1. The number of nitrogens with one attached hydrogen (secondary N) is 1. The van der Waals surface area contributed by atoms with E-state index >= 15 is 0 Å². The number of aromatic nitrogens is 1. The molecule has 3 N–H and O–H groups in total. The largest absolute Gasteiger partial charge is 0.460 e. The third-order valence-corrected chi connectivity index (χ3v) is 2.89. The number of carbonyl (C=O) groups is 1. The van der Waals surface area contributed by atoms with Gasteiger partial charge in [0.25, 0.3) is 0 Å². The molecule has 0 spiro atoms. The van der Waals surface area contributed by atoms with Crippen molar-refractivity contribution < 1.29 is 14.3 Å². The molecule has 6 heteroatoms. The van der Waals surface area contributed by atoms with Gasteiger partial charge in [-0.05, 0) is 25.1 Å². The maximum absolute atomic E-state index is 12.0. The van der Waals surface area contributed by atoms with Crippen LogP contribution < -0.4 is 5.73 Å². The monoisotopic (exact) mass is 282 g/mol. The van der Waals surface area contributed by atoms with E-state index in [1.807, 2.05) is 6.92 Å². The Labute approximate surface area is 115 Å². The van der Waals surface area contributed by atoms with Gasteiger partial charge in [-0.2, -0.15) is 0 Å². The Bertz CT molecular complexity index is 595. The van der Waals surface area contributed by atoms with Crippen LogP contribution in [0.15, 0.2) is 18.2 Å². The quantitative estimate of drug-likeness (QED) is 0.653. The highest BCUT2D eigenvalue weighted by Gasteiger charge is 2.18. The van der Waals surface area contributed by atoms with Crippen molar-refractivity contribution in [3.63, 3.8) is 0 Å². The minimum Gasteiger partial charge on any atom is -0.460 e. The number of benzene rings is 1. The summed E-state index contributed by atoms with van der Waals surface area (Å²) >= 11 is 5.92. The summed E-state index contributed by atoms with van der Waals surface area (Å²) < 4.78 is 10.2. The Kier molecular flexibility index (Phi) is 4.29. The molecule has 0 fully saturated rings. The lowest BCUT2D eigenvalue weighted by molar-refractivity contribution is 0.0338. The number of ether oxygens (including phenoxy) is 2. The molecule has 0 radical (unpaired) electrons. The zero-order chi connectivity index (χ0) is 13.8. The molecule has 0 atom stereocenters. The van der Waals surface area contributed by atoms with E-state index in [2.05, 4.69) is 4.98 Å². The number of hydrogen-bond acceptors (Lipinski definition) is 4. The molecular weight excluding hydrogens is 268 g/mol. The zero-order valence-corrected chi connectivity index (χ0v) is 11.3. The normalized spacial score (nSPS) is 10.8. The van der Waals surface area contributed by atoms with Crippen LogP contribution in [-0.2, 0) is 9.47 Å². The van der Waals surface area contributed by atoms with Gasteiger partial charge in [0.05, 0.1) is 6.61 Å². The topological polar surface area (TPSA) is 77.3 Å². The van der Waals surface area contributed by atoms with Crippen LogP contribution in [0.25, 0.3) is 10.9 Å². The number of halogens is 1. The molecule has 0 unspecified atom stereocenters. The number of anilines is 1. The maximum Gasteiger partial charge on any atom is 0.342 e. The van der Waals surface area contributed by atoms with Crippen molar-refractivity contribution in [2.75, 3.05) is 25.6 Å². The molecule has 0 aliphatic carbocycles. The number of aromatic amines is 1. The summed E-state index contributed by atoms with van der Waals surface area (Å²) in [6.45, 7) is 3.02. The van der Waals surface area contributed by atoms with Crippen LogP contribution >= 0.6 is 11.6 Å². The molecule has 19 heavy (non-hydrogen) atoms. The lowest BCUT2D eigenvalue weighted by Crippen LogP contribution is -2.12. The van der Waals surface area contributed by atoms with Crippen LogP contribution in [0, 0.1) is 0 Å². The molecule has 1 aromatic heterocycles. The van der Waals surface area contributed by atoms with E-state index in [1.165, 1.54) is 0 Å². The van der Waals surface area contributed by atoms with E-state index in [9.17, 15) is 4.79 Å². The molecule has 0 saturated heterocycles. The average molecular weight is 283 g/mol. The molecule has 2 aromatic rings. The van der Waals surface area contributed by atoms with E-state index in [4.69, 9.17) is 26.8 Å². The van der Waals surface area contributed by atoms with Gasteiger partial charge in [0, 0.05) is 22.5 Å². The molecule has 0 amide bonds. The lowest BCUT2D eigenvalue weighted by Gasteiger charge is -2.05. The van der Waals surface area contributed by atoms with Crippen LogP contribution in [-0.4, -0.2) is 30.8 Å². The fraction of sp³-hybridized carbons (Fsp3) is 0.308. The maximum atomic E-state index is 12.0. The molecule has 0 aliphatic heterocycles. The van der Waals surface area contributed by atoms with Crippen LogP contribution in [0.4, 0.5) is 5.82 Å². The second-order valence-corrected chi connectivity index (χ2v) is 4.37. The zero-order valence-electron chi connectivity index (χ0n) is 10.5. The summed E-state index contributed by atoms with van der Waals surface area (Å²) in [6.07, 6.45) is 0. The SMILES string of the molecule is CCOCCOC(=O)c1c(N)[nH]c2ccc(Cl)cc12. The summed E-state index contributed by atoms with van der Waals surface area (Å²) in [5, 5.41) is 1.20. The first kappa shape index (κ1) is 13.7. The number of esters is 1.